The second kappa shape index (κ2) is 9.91. The molecule has 186 valence electrons. The Bertz CT molecular complexity index is 1520. The number of aryl methyl sites for hydroxylation is 1. The molecule has 0 aliphatic carbocycles. The number of hydrogen-bond donors (Lipinski definition) is 1. The van der Waals surface area contributed by atoms with E-state index in [1.165, 1.54) is 0 Å². The van der Waals surface area contributed by atoms with E-state index in [0.29, 0.717) is 29.5 Å². The fourth-order valence-corrected chi connectivity index (χ4v) is 7.21. The third kappa shape index (κ3) is 4.68. The van der Waals surface area contributed by atoms with Crippen LogP contribution in [0.15, 0.2) is 70.9 Å². The van der Waals surface area contributed by atoms with Crippen molar-refractivity contribution in [3.63, 3.8) is 0 Å². The first-order valence-corrected chi connectivity index (χ1v) is 14.2. The van der Waals surface area contributed by atoms with E-state index in [0.717, 1.165) is 46.3 Å². The summed E-state index contributed by atoms with van der Waals surface area (Å²) in [4.78, 5) is 18.9. The van der Waals surface area contributed by atoms with Crippen LogP contribution in [0.4, 0.5) is 11.4 Å². The van der Waals surface area contributed by atoms with Gasteiger partial charge in [0, 0.05) is 35.1 Å². The number of fused-ring (bicyclic) bond motifs is 1. The van der Waals surface area contributed by atoms with Gasteiger partial charge < -0.3 is 9.64 Å². The Morgan fingerprint density at radius 3 is 2.56 bits per heavy atom. The molecule has 1 aliphatic rings. The molecule has 1 saturated heterocycles. The van der Waals surface area contributed by atoms with E-state index >= 15 is 0 Å². The van der Waals surface area contributed by atoms with Gasteiger partial charge in [-0.1, -0.05) is 54.6 Å². The number of esters is 1. The molecule has 1 aliphatic heterocycles. The highest BCUT2D eigenvalue weighted by Crippen LogP contribution is 2.37. The Labute approximate surface area is 214 Å². The summed E-state index contributed by atoms with van der Waals surface area (Å²) in [6.45, 7) is 5.22. The average molecular weight is 522 g/mol. The zero-order chi connectivity index (χ0) is 25.3. The zero-order valence-electron chi connectivity index (χ0n) is 20.1. The van der Waals surface area contributed by atoms with Gasteiger partial charge in [0.05, 0.1) is 23.9 Å². The molecular formula is C27H27N3O4S2. The lowest BCUT2D eigenvalue weighted by Gasteiger charge is -2.22. The predicted octanol–water partition coefficient (Wildman–Crippen LogP) is 5.46. The summed E-state index contributed by atoms with van der Waals surface area (Å²) in [5.41, 5.74) is 2.83. The highest BCUT2D eigenvalue weighted by molar-refractivity contribution is 7.94. The van der Waals surface area contributed by atoms with E-state index in [-0.39, 0.29) is 16.1 Å². The molecule has 5 rings (SSSR count). The van der Waals surface area contributed by atoms with E-state index in [9.17, 15) is 13.2 Å². The Morgan fingerprint density at radius 1 is 1.08 bits per heavy atom. The fourth-order valence-electron chi connectivity index (χ4n) is 4.61. The van der Waals surface area contributed by atoms with Crippen LogP contribution < -0.4 is 9.62 Å². The van der Waals surface area contributed by atoms with E-state index in [4.69, 9.17) is 4.74 Å². The molecular weight excluding hydrogens is 494 g/mol. The van der Waals surface area contributed by atoms with Crippen molar-refractivity contribution in [3.8, 4) is 10.6 Å². The topological polar surface area (TPSA) is 88.6 Å². The minimum absolute atomic E-state index is 0.157. The van der Waals surface area contributed by atoms with Crippen LogP contribution in [0.1, 0.15) is 19.0 Å². The third-order valence-corrected chi connectivity index (χ3v) is 9.49. The van der Waals surface area contributed by atoms with Crippen molar-refractivity contribution in [1.82, 2.24) is 4.98 Å². The number of thiazole rings is 1. The molecule has 4 aromatic rings. The molecule has 36 heavy (non-hydrogen) atoms. The van der Waals surface area contributed by atoms with Crippen LogP contribution in [0, 0.1) is 12.8 Å². The fraction of sp³-hybridized carbons (Fsp3) is 0.259. The minimum atomic E-state index is -3.85. The molecule has 7 nitrogen and oxygen atoms in total. The summed E-state index contributed by atoms with van der Waals surface area (Å²) < 4.78 is 35.1. The molecule has 0 amide bonds. The van der Waals surface area contributed by atoms with E-state index in [2.05, 4.69) is 14.6 Å². The number of carbonyl (C=O) groups is 1. The first-order valence-electron chi connectivity index (χ1n) is 11.9. The summed E-state index contributed by atoms with van der Waals surface area (Å²) in [5, 5.41) is 2.38. The first kappa shape index (κ1) is 24.3. The van der Waals surface area contributed by atoms with E-state index in [1.807, 2.05) is 67.6 Å². The van der Waals surface area contributed by atoms with Crippen LogP contribution in [-0.2, 0) is 19.6 Å². The minimum Gasteiger partial charge on any atom is -0.466 e. The smallest absolute Gasteiger partial charge is 0.310 e. The first-order chi connectivity index (χ1) is 17.4. The van der Waals surface area contributed by atoms with Crippen molar-refractivity contribution < 1.29 is 17.9 Å². The van der Waals surface area contributed by atoms with Crippen LogP contribution >= 0.6 is 11.3 Å². The molecule has 0 spiro atoms. The number of carbonyl (C=O) groups excluding carboxylic acids is 1. The van der Waals surface area contributed by atoms with Crippen molar-refractivity contribution in [2.24, 2.45) is 5.92 Å². The monoisotopic (exact) mass is 521 g/mol. The standard InChI is InChI=1S/C27H27N3O4S2/c1-3-34-26(31)20-15-16-30(17-20)24-14-13-23(21-11-7-8-12-22(21)24)29-36(32,33)27-18(2)28-25(35-27)19-9-5-4-6-10-19/h4-14,20,29H,3,15-17H2,1-2H3/t20-/m1/s1. The summed E-state index contributed by atoms with van der Waals surface area (Å²) in [6, 6.07) is 21.0. The Morgan fingerprint density at radius 2 is 1.81 bits per heavy atom. The van der Waals surface area contributed by atoms with Gasteiger partial charge in [-0.25, -0.2) is 13.4 Å². The molecule has 1 aromatic heterocycles. The van der Waals surface area contributed by atoms with Gasteiger partial charge in [0.15, 0.2) is 4.21 Å². The van der Waals surface area contributed by atoms with Crippen molar-refractivity contribution in [2.45, 2.75) is 24.5 Å². The predicted molar refractivity (Wildman–Crippen MR) is 144 cm³/mol. The Balaban J connectivity index is 1.45. The van der Waals surface area contributed by atoms with Crippen molar-refractivity contribution in [3.05, 3.63) is 72.4 Å². The number of ether oxygens (including phenoxy) is 1. The quantitative estimate of drug-likeness (QED) is 0.325. The third-order valence-electron chi connectivity index (χ3n) is 6.31. The molecule has 1 N–H and O–H groups in total. The summed E-state index contributed by atoms with van der Waals surface area (Å²) >= 11 is 1.16. The van der Waals surface area contributed by atoms with Gasteiger partial charge in [0.25, 0.3) is 10.0 Å². The van der Waals surface area contributed by atoms with Gasteiger partial charge in [0.1, 0.15) is 5.01 Å². The van der Waals surface area contributed by atoms with Crippen molar-refractivity contribution >= 4 is 49.5 Å². The maximum Gasteiger partial charge on any atom is 0.310 e. The lowest BCUT2D eigenvalue weighted by molar-refractivity contribution is -0.147. The molecule has 0 unspecified atom stereocenters. The highest BCUT2D eigenvalue weighted by atomic mass is 32.2. The normalized spacial score (nSPS) is 15.8. The van der Waals surface area contributed by atoms with Crippen molar-refractivity contribution in [1.29, 1.82) is 0 Å². The van der Waals surface area contributed by atoms with E-state index < -0.39 is 10.0 Å². The van der Waals surface area contributed by atoms with Gasteiger partial charge in [-0.15, -0.1) is 11.3 Å². The number of nitrogens with zero attached hydrogens (tertiary/aromatic N) is 2. The zero-order valence-corrected chi connectivity index (χ0v) is 21.7. The number of anilines is 2. The summed E-state index contributed by atoms with van der Waals surface area (Å²) in [7, 11) is -3.85. The van der Waals surface area contributed by atoms with Crippen LogP contribution in [0.3, 0.4) is 0 Å². The molecule has 1 fully saturated rings. The van der Waals surface area contributed by atoms with E-state index in [1.54, 1.807) is 13.0 Å². The van der Waals surface area contributed by atoms with Gasteiger partial charge in [0.2, 0.25) is 0 Å². The number of nitrogens with one attached hydrogen (secondary N) is 1. The second-order valence-electron chi connectivity index (χ2n) is 8.72. The number of hydrogen-bond acceptors (Lipinski definition) is 7. The lowest BCUT2D eigenvalue weighted by atomic mass is 10.1. The largest absolute Gasteiger partial charge is 0.466 e. The maximum absolute atomic E-state index is 13.4. The van der Waals surface area contributed by atoms with Crippen LogP contribution in [0.25, 0.3) is 21.3 Å². The summed E-state index contributed by atoms with van der Waals surface area (Å²) in [6.07, 6.45) is 0.732. The number of sulfonamides is 1. The molecule has 3 aromatic carbocycles. The average Bonchev–Trinajstić information content (AvgIpc) is 3.53. The second-order valence-corrected chi connectivity index (χ2v) is 11.6. The Kier molecular flexibility index (Phi) is 6.68. The van der Waals surface area contributed by atoms with Gasteiger partial charge in [-0.3, -0.25) is 9.52 Å². The Hall–Kier alpha value is -3.43. The number of rotatable bonds is 7. The molecule has 0 bridgehead atoms. The highest BCUT2D eigenvalue weighted by Gasteiger charge is 2.31. The van der Waals surface area contributed by atoms with Gasteiger partial charge in [-0.2, -0.15) is 0 Å². The number of aromatic nitrogens is 1. The molecule has 0 saturated carbocycles. The molecule has 9 heteroatoms. The summed E-state index contributed by atoms with van der Waals surface area (Å²) in [5.74, 6) is -0.321. The van der Waals surface area contributed by atoms with Gasteiger partial charge >= 0.3 is 5.97 Å². The maximum atomic E-state index is 13.4. The van der Waals surface area contributed by atoms with Crippen LogP contribution in [0.2, 0.25) is 0 Å². The van der Waals surface area contributed by atoms with Crippen LogP contribution in [0.5, 0.6) is 0 Å². The SMILES string of the molecule is CCOC(=O)[C@@H]1CCN(c2ccc(NS(=O)(=O)c3sc(-c4ccccc4)nc3C)c3ccccc23)C1. The lowest BCUT2D eigenvalue weighted by Crippen LogP contribution is -2.24. The van der Waals surface area contributed by atoms with Crippen molar-refractivity contribution in [2.75, 3.05) is 29.3 Å². The molecule has 1 atom stereocenters. The van der Waals surface area contributed by atoms with Gasteiger partial charge in [-0.05, 0) is 32.4 Å². The molecule has 2 heterocycles. The number of benzene rings is 3. The molecule has 0 radical (unpaired) electrons. The van der Waals surface area contributed by atoms with Crippen LogP contribution in [-0.4, -0.2) is 39.1 Å².